The second kappa shape index (κ2) is 8.95. The molecule has 1 heterocycles. The third-order valence-corrected chi connectivity index (χ3v) is 4.51. The lowest BCUT2D eigenvalue weighted by molar-refractivity contribution is -0.125. The number of benzene rings is 2. The molecule has 0 aliphatic carbocycles. The van der Waals surface area contributed by atoms with Gasteiger partial charge in [0.2, 0.25) is 0 Å². The van der Waals surface area contributed by atoms with Gasteiger partial charge in [-0.2, -0.15) is 0 Å². The van der Waals surface area contributed by atoms with Crippen LogP contribution in [-0.2, 0) is 27.1 Å². The second-order valence-electron chi connectivity index (χ2n) is 8.02. The van der Waals surface area contributed by atoms with Gasteiger partial charge in [0.05, 0.1) is 6.61 Å². The van der Waals surface area contributed by atoms with Crippen LogP contribution in [0.5, 0.6) is 0 Å². The van der Waals surface area contributed by atoms with Crippen LogP contribution in [0.1, 0.15) is 31.9 Å². The summed E-state index contributed by atoms with van der Waals surface area (Å²) in [5, 5.41) is 0. The van der Waals surface area contributed by atoms with Gasteiger partial charge in [-0.1, -0.05) is 60.7 Å². The maximum absolute atomic E-state index is 12.7. The second-order valence-corrected chi connectivity index (χ2v) is 8.02. The summed E-state index contributed by atoms with van der Waals surface area (Å²) in [4.78, 5) is 26.5. The third kappa shape index (κ3) is 5.70. The molecular weight excluding hydrogens is 366 g/mol. The Kier molecular flexibility index (Phi) is 6.37. The first-order valence-electron chi connectivity index (χ1n) is 9.82. The molecule has 0 saturated carbocycles. The molecule has 1 aliphatic rings. The summed E-state index contributed by atoms with van der Waals surface area (Å²) in [6.07, 6.45) is 1.95. The van der Waals surface area contributed by atoms with Crippen molar-refractivity contribution < 1.29 is 19.1 Å². The van der Waals surface area contributed by atoms with Crippen LogP contribution < -0.4 is 0 Å². The highest BCUT2D eigenvalue weighted by Gasteiger charge is 2.40. The molecule has 0 radical (unpaired) electrons. The molecule has 1 aliphatic heterocycles. The van der Waals surface area contributed by atoms with Gasteiger partial charge >= 0.3 is 6.09 Å². The van der Waals surface area contributed by atoms with E-state index in [9.17, 15) is 9.59 Å². The van der Waals surface area contributed by atoms with Gasteiger partial charge < -0.3 is 9.47 Å². The van der Waals surface area contributed by atoms with E-state index in [4.69, 9.17) is 9.47 Å². The highest BCUT2D eigenvalue weighted by molar-refractivity contribution is 6.02. The van der Waals surface area contributed by atoms with E-state index in [0.717, 1.165) is 22.4 Å². The summed E-state index contributed by atoms with van der Waals surface area (Å²) in [7, 11) is 0. The topological polar surface area (TPSA) is 55.8 Å². The average Bonchev–Trinajstić information content (AvgIpc) is 2.97. The molecule has 2 amide bonds. The van der Waals surface area contributed by atoms with E-state index in [1.54, 1.807) is 20.8 Å². The summed E-state index contributed by atoms with van der Waals surface area (Å²) in [6, 6.07) is 19.2. The fourth-order valence-corrected chi connectivity index (χ4v) is 3.20. The molecule has 0 fully saturated rings. The predicted molar refractivity (Wildman–Crippen MR) is 111 cm³/mol. The van der Waals surface area contributed by atoms with Crippen molar-refractivity contribution in [1.29, 1.82) is 0 Å². The summed E-state index contributed by atoms with van der Waals surface area (Å²) >= 11 is 0. The van der Waals surface area contributed by atoms with Gasteiger partial charge in [-0.3, -0.25) is 4.79 Å². The van der Waals surface area contributed by atoms with Gasteiger partial charge in [-0.05, 0) is 31.9 Å². The van der Waals surface area contributed by atoms with Crippen LogP contribution in [0.3, 0.4) is 0 Å². The summed E-state index contributed by atoms with van der Waals surface area (Å²) in [5.74, 6) is 0.0931. The van der Waals surface area contributed by atoms with E-state index in [0.29, 0.717) is 18.8 Å². The third-order valence-electron chi connectivity index (χ3n) is 4.51. The van der Waals surface area contributed by atoms with Crippen LogP contribution in [0.25, 0.3) is 0 Å². The first kappa shape index (κ1) is 20.6. The Morgan fingerprint density at radius 2 is 1.55 bits per heavy atom. The number of hydrogen-bond acceptors (Lipinski definition) is 4. The lowest BCUT2D eigenvalue weighted by atomic mass is 10.0. The molecule has 1 atom stereocenters. The van der Waals surface area contributed by atoms with Crippen molar-refractivity contribution in [3.63, 3.8) is 0 Å². The van der Waals surface area contributed by atoms with E-state index in [-0.39, 0.29) is 0 Å². The van der Waals surface area contributed by atoms with Gasteiger partial charge in [0.15, 0.2) is 0 Å². The Balaban J connectivity index is 1.75. The Hall–Kier alpha value is -3.08. The number of hydrogen-bond donors (Lipinski definition) is 0. The smallest absolute Gasteiger partial charge is 0.418 e. The molecule has 2 aromatic rings. The number of amides is 2. The first-order valence-corrected chi connectivity index (χ1v) is 9.82. The maximum atomic E-state index is 12.7. The molecule has 0 unspecified atom stereocenters. The van der Waals surface area contributed by atoms with E-state index < -0.39 is 23.6 Å². The predicted octanol–water partition coefficient (Wildman–Crippen LogP) is 4.52. The summed E-state index contributed by atoms with van der Waals surface area (Å²) in [5.41, 5.74) is 1.48. The van der Waals surface area contributed by atoms with Crippen molar-refractivity contribution in [2.45, 2.75) is 45.3 Å². The van der Waals surface area contributed by atoms with Gasteiger partial charge in [0, 0.05) is 18.9 Å². The molecule has 2 aromatic carbocycles. The van der Waals surface area contributed by atoms with Gasteiger partial charge in [-0.25, -0.2) is 9.69 Å². The number of nitrogens with zero attached hydrogens (tertiary/aromatic N) is 1. The van der Waals surface area contributed by atoms with Crippen LogP contribution in [0.15, 0.2) is 72.5 Å². The molecule has 3 rings (SSSR count). The number of imide groups is 1. The lowest BCUT2D eigenvalue weighted by Gasteiger charge is -2.28. The van der Waals surface area contributed by atoms with Crippen LogP contribution in [-0.4, -0.2) is 35.2 Å². The SMILES string of the molecule is CC(C)(C)OC(=O)N1C(=O)C=C(OCCc2ccccc2)[C@@H]1Cc1ccccc1. The Morgan fingerprint density at radius 3 is 2.14 bits per heavy atom. The van der Waals surface area contributed by atoms with Crippen molar-refractivity contribution in [2.24, 2.45) is 0 Å². The van der Waals surface area contributed by atoms with Crippen molar-refractivity contribution in [3.05, 3.63) is 83.6 Å². The van der Waals surface area contributed by atoms with E-state index in [1.165, 1.54) is 6.08 Å². The van der Waals surface area contributed by atoms with Gasteiger partial charge in [0.1, 0.15) is 17.4 Å². The minimum absolute atomic E-state index is 0.408. The Labute approximate surface area is 171 Å². The molecule has 29 heavy (non-hydrogen) atoms. The normalized spacial score (nSPS) is 16.5. The Morgan fingerprint density at radius 1 is 0.966 bits per heavy atom. The largest absolute Gasteiger partial charge is 0.495 e. The molecule has 5 nitrogen and oxygen atoms in total. The molecule has 0 aromatic heterocycles. The van der Waals surface area contributed by atoms with Crippen LogP contribution in [0, 0.1) is 0 Å². The molecular formula is C24H27NO4. The fraction of sp³-hybridized carbons (Fsp3) is 0.333. The fourth-order valence-electron chi connectivity index (χ4n) is 3.20. The van der Waals surface area contributed by atoms with E-state index >= 15 is 0 Å². The number of ether oxygens (including phenoxy) is 2. The molecule has 0 saturated heterocycles. The highest BCUT2D eigenvalue weighted by Crippen LogP contribution is 2.27. The highest BCUT2D eigenvalue weighted by atomic mass is 16.6. The average molecular weight is 393 g/mol. The zero-order chi connectivity index (χ0) is 20.9. The monoisotopic (exact) mass is 393 g/mol. The summed E-state index contributed by atoms with van der Waals surface area (Å²) < 4.78 is 11.4. The van der Waals surface area contributed by atoms with E-state index in [2.05, 4.69) is 0 Å². The van der Waals surface area contributed by atoms with Crippen LogP contribution >= 0.6 is 0 Å². The molecule has 152 valence electrons. The molecule has 0 spiro atoms. The van der Waals surface area contributed by atoms with Crippen molar-refractivity contribution in [3.8, 4) is 0 Å². The number of rotatable bonds is 6. The zero-order valence-electron chi connectivity index (χ0n) is 17.1. The van der Waals surface area contributed by atoms with Crippen LogP contribution in [0.4, 0.5) is 4.79 Å². The maximum Gasteiger partial charge on any atom is 0.418 e. The number of carbonyl (C=O) groups is 2. The number of carbonyl (C=O) groups excluding carboxylic acids is 2. The quantitative estimate of drug-likeness (QED) is 0.724. The zero-order valence-corrected chi connectivity index (χ0v) is 17.1. The summed E-state index contributed by atoms with van der Waals surface area (Å²) in [6.45, 7) is 5.77. The minimum atomic E-state index is -0.689. The standard InChI is InChI=1S/C24H27NO4/c1-24(2,3)29-23(27)25-20(16-19-12-8-5-9-13-19)21(17-22(25)26)28-15-14-18-10-6-4-7-11-18/h4-13,17,20H,14-16H2,1-3H3/t20-/m0/s1. The van der Waals surface area contributed by atoms with Crippen molar-refractivity contribution in [1.82, 2.24) is 4.90 Å². The van der Waals surface area contributed by atoms with Crippen molar-refractivity contribution >= 4 is 12.0 Å². The van der Waals surface area contributed by atoms with E-state index in [1.807, 2.05) is 60.7 Å². The lowest BCUT2D eigenvalue weighted by Crippen LogP contribution is -2.44. The molecule has 0 bridgehead atoms. The van der Waals surface area contributed by atoms with Crippen LogP contribution in [0.2, 0.25) is 0 Å². The van der Waals surface area contributed by atoms with Gasteiger partial charge in [0.25, 0.3) is 5.91 Å². The molecule has 5 heteroatoms. The first-order chi connectivity index (χ1) is 13.8. The minimum Gasteiger partial charge on any atom is -0.495 e. The molecule has 0 N–H and O–H groups in total. The van der Waals surface area contributed by atoms with Gasteiger partial charge in [-0.15, -0.1) is 0 Å². The Bertz CT molecular complexity index is 869. The van der Waals surface area contributed by atoms with Crippen molar-refractivity contribution in [2.75, 3.05) is 6.61 Å².